The summed E-state index contributed by atoms with van der Waals surface area (Å²) >= 11 is 0. The molecular formula is C11H15Cl2N3O2. The van der Waals surface area contributed by atoms with Gasteiger partial charge in [-0.1, -0.05) is 6.07 Å². The summed E-state index contributed by atoms with van der Waals surface area (Å²) in [5.74, 6) is -0.0638. The molecule has 0 saturated carbocycles. The molecule has 0 aliphatic carbocycles. The lowest BCUT2D eigenvalue weighted by atomic mass is 10.2. The zero-order valence-electron chi connectivity index (χ0n) is 9.69. The van der Waals surface area contributed by atoms with Gasteiger partial charge in [-0.3, -0.25) is 14.6 Å². The first-order valence-corrected chi connectivity index (χ1v) is 5.21. The van der Waals surface area contributed by atoms with E-state index in [0.29, 0.717) is 31.9 Å². The van der Waals surface area contributed by atoms with Crippen LogP contribution in [0.5, 0.6) is 0 Å². The first-order chi connectivity index (χ1) is 7.81. The summed E-state index contributed by atoms with van der Waals surface area (Å²) in [6.45, 7) is 2.35. The van der Waals surface area contributed by atoms with Crippen LogP contribution in [-0.4, -0.2) is 53.3 Å². The number of piperazine rings is 1. The van der Waals surface area contributed by atoms with Crippen LogP contribution in [0.2, 0.25) is 0 Å². The van der Waals surface area contributed by atoms with E-state index in [0.717, 1.165) is 6.41 Å². The molecule has 0 N–H and O–H groups in total. The lowest BCUT2D eigenvalue weighted by molar-refractivity contribution is -0.119. The van der Waals surface area contributed by atoms with Gasteiger partial charge in [0.1, 0.15) is 5.69 Å². The number of amides is 2. The lowest BCUT2D eigenvalue weighted by Crippen LogP contribution is -2.48. The molecule has 1 aliphatic heterocycles. The zero-order valence-corrected chi connectivity index (χ0v) is 11.3. The number of hydrogen-bond donors (Lipinski definition) is 0. The molecule has 0 aromatic carbocycles. The summed E-state index contributed by atoms with van der Waals surface area (Å²) < 4.78 is 0. The van der Waals surface area contributed by atoms with Crippen molar-refractivity contribution in [1.82, 2.24) is 14.8 Å². The van der Waals surface area contributed by atoms with E-state index >= 15 is 0 Å². The van der Waals surface area contributed by atoms with Crippen LogP contribution >= 0.6 is 24.8 Å². The maximum absolute atomic E-state index is 12.0. The van der Waals surface area contributed by atoms with Crippen LogP contribution in [0.15, 0.2) is 24.4 Å². The van der Waals surface area contributed by atoms with Crippen molar-refractivity contribution in [3.05, 3.63) is 30.1 Å². The van der Waals surface area contributed by atoms with Crippen LogP contribution in [0.3, 0.4) is 0 Å². The van der Waals surface area contributed by atoms with Crippen LogP contribution in [0, 0.1) is 0 Å². The molecule has 5 nitrogen and oxygen atoms in total. The minimum absolute atomic E-state index is 0. The summed E-state index contributed by atoms with van der Waals surface area (Å²) in [4.78, 5) is 29.9. The number of nitrogens with zero attached hydrogens (tertiary/aromatic N) is 3. The van der Waals surface area contributed by atoms with Crippen LogP contribution in [0.25, 0.3) is 0 Å². The van der Waals surface area contributed by atoms with E-state index in [1.165, 1.54) is 0 Å². The predicted molar refractivity (Wildman–Crippen MR) is 72.3 cm³/mol. The molecule has 1 saturated heterocycles. The van der Waals surface area contributed by atoms with Gasteiger partial charge in [-0.2, -0.15) is 0 Å². The van der Waals surface area contributed by atoms with Gasteiger partial charge in [0, 0.05) is 32.4 Å². The van der Waals surface area contributed by atoms with Crippen molar-refractivity contribution in [1.29, 1.82) is 0 Å². The van der Waals surface area contributed by atoms with E-state index in [4.69, 9.17) is 0 Å². The third-order valence-corrected chi connectivity index (χ3v) is 2.63. The van der Waals surface area contributed by atoms with Crippen molar-refractivity contribution in [3.8, 4) is 0 Å². The Bertz CT molecular complexity index is 381. The molecule has 0 unspecified atom stereocenters. The molecule has 100 valence electrons. The summed E-state index contributed by atoms with van der Waals surface area (Å²) in [5, 5.41) is 0. The highest BCUT2D eigenvalue weighted by molar-refractivity contribution is 5.92. The first kappa shape index (κ1) is 16.7. The van der Waals surface area contributed by atoms with E-state index in [1.54, 1.807) is 34.2 Å². The summed E-state index contributed by atoms with van der Waals surface area (Å²) in [6.07, 6.45) is 2.43. The highest BCUT2D eigenvalue weighted by Gasteiger charge is 2.21. The third kappa shape index (κ3) is 3.85. The lowest BCUT2D eigenvalue weighted by Gasteiger charge is -2.32. The Balaban J connectivity index is 0.00000144. The number of rotatable bonds is 2. The Morgan fingerprint density at radius 2 is 1.83 bits per heavy atom. The van der Waals surface area contributed by atoms with Gasteiger partial charge in [-0.05, 0) is 12.1 Å². The molecule has 18 heavy (non-hydrogen) atoms. The first-order valence-electron chi connectivity index (χ1n) is 5.21. The topological polar surface area (TPSA) is 53.5 Å². The minimum atomic E-state index is -0.0638. The Morgan fingerprint density at radius 3 is 2.33 bits per heavy atom. The van der Waals surface area contributed by atoms with E-state index in [2.05, 4.69) is 4.98 Å². The summed E-state index contributed by atoms with van der Waals surface area (Å²) in [6, 6.07) is 5.28. The fourth-order valence-corrected chi connectivity index (χ4v) is 1.68. The summed E-state index contributed by atoms with van der Waals surface area (Å²) in [5.41, 5.74) is 0.460. The van der Waals surface area contributed by atoms with Gasteiger partial charge < -0.3 is 9.80 Å². The average molecular weight is 292 g/mol. The zero-order chi connectivity index (χ0) is 11.4. The van der Waals surface area contributed by atoms with Crippen LogP contribution in [-0.2, 0) is 4.79 Å². The number of pyridine rings is 1. The molecule has 7 heteroatoms. The monoisotopic (exact) mass is 291 g/mol. The van der Waals surface area contributed by atoms with Gasteiger partial charge in [0.15, 0.2) is 0 Å². The Labute approximate surface area is 118 Å². The molecular weight excluding hydrogens is 277 g/mol. The Kier molecular flexibility index (Phi) is 7.31. The number of aromatic nitrogens is 1. The molecule has 1 fully saturated rings. The maximum Gasteiger partial charge on any atom is 0.272 e. The van der Waals surface area contributed by atoms with Crippen LogP contribution in [0.4, 0.5) is 0 Å². The normalized spacial score (nSPS) is 14.2. The Hall–Kier alpha value is -1.33. The fourth-order valence-electron chi connectivity index (χ4n) is 1.68. The van der Waals surface area contributed by atoms with Gasteiger partial charge in [-0.25, -0.2) is 0 Å². The van der Waals surface area contributed by atoms with Gasteiger partial charge in [0.2, 0.25) is 6.41 Å². The second-order valence-electron chi connectivity index (χ2n) is 3.65. The van der Waals surface area contributed by atoms with Crippen molar-refractivity contribution in [2.45, 2.75) is 0 Å². The molecule has 2 heterocycles. The van der Waals surface area contributed by atoms with Gasteiger partial charge in [0.05, 0.1) is 0 Å². The molecule has 0 bridgehead atoms. The quantitative estimate of drug-likeness (QED) is 0.759. The standard InChI is InChI=1S/C11H13N3O2.2ClH/c15-9-13-5-7-14(8-6-13)11(16)10-3-1-2-4-12-10;;/h1-4,9H,5-8H2;2*1H. The van der Waals surface area contributed by atoms with E-state index in [-0.39, 0.29) is 30.7 Å². The van der Waals surface area contributed by atoms with Crippen LogP contribution < -0.4 is 0 Å². The molecule has 1 aliphatic rings. The van der Waals surface area contributed by atoms with Gasteiger partial charge >= 0.3 is 0 Å². The molecule has 0 atom stereocenters. The van der Waals surface area contributed by atoms with Gasteiger partial charge in [-0.15, -0.1) is 24.8 Å². The summed E-state index contributed by atoms with van der Waals surface area (Å²) in [7, 11) is 0. The maximum atomic E-state index is 12.0. The highest BCUT2D eigenvalue weighted by Crippen LogP contribution is 2.05. The van der Waals surface area contributed by atoms with Gasteiger partial charge in [0.25, 0.3) is 5.91 Å². The molecule has 1 aromatic rings. The van der Waals surface area contributed by atoms with Crippen molar-refractivity contribution >= 4 is 37.1 Å². The molecule has 0 radical (unpaired) electrons. The van der Waals surface area contributed by atoms with Crippen molar-refractivity contribution < 1.29 is 9.59 Å². The molecule has 2 rings (SSSR count). The minimum Gasteiger partial charge on any atom is -0.342 e. The van der Waals surface area contributed by atoms with E-state index in [1.807, 2.05) is 0 Å². The van der Waals surface area contributed by atoms with Crippen molar-refractivity contribution in [2.75, 3.05) is 26.2 Å². The van der Waals surface area contributed by atoms with E-state index < -0.39 is 0 Å². The van der Waals surface area contributed by atoms with Crippen LogP contribution in [0.1, 0.15) is 10.5 Å². The number of hydrogen-bond acceptors (Lipinski definition) is 3. The third-order valence-electron chi connectivity index (χ3n) is 2.63. The van der Waals surface area contributed by atoms with Crippen molar-refractivity contribution in [3.63, 3.8) is 0 Å². The predicted octanol–water partition coefficient (Wildman–Crippen LogP) is 0.839. The largest absolute Gasteiger partial charge is 0.342 e. The number of carbonyl (C=O) groups excluding carboxylic acids is 2. The highest BCUT2D eigenvalue weighted by atomic mass is 35.5. The Morgan fingerprint density at radius 1 is 1.17 bits per heavy atom. The number of halogens is 2. The second kappa shape index (κ2) is 7.89. The second-order valence-corrected chi connectivity index (χ2v) is 3.65. The average Bonchev–Trinajstić information content (AvgIpc) is 2.39. The van der Waals surface area contributed by atoms with Crippen molar-refractivity contribution in [2.24, 2.45) is 0 Å². The molecule has 0 spiro atoms. The molecule has 1 aromatic heterocycles. The SMILES string of the molecule is Cl.Cl.O=CN1CCN(C(=O)c2ccccn2)CC1. The fraction of sp³-hybridized carbons (Fsp3) is 0.364. The molecule has 2 amide bonds. The smallest absolute Gasteiger partial charge is 0.272 e. The number of carbonyl (C=O) groups is 2. The van der Waals surface area contributed by atoms with E-state index in [9.17, 15) is 9.59 Å².